The number of hydrogen-bond donors (Lipinski definition) is 2. The van der Waals surface area contributed by atoms with Crippen molar-refractivity contribution < 1.29 is 5.11 Å². The van der Waals surface area contributed by atoms with Gasteiger partial charge < -0.3 is 10.1 Å². The Morgan fingerprint density at radius 2 is 2.07 bits per heavy atom. The molecule has 0 bridgehead atoms. The molecule has 1 heterocycles. The maximum absolute atomic E-state index is 9.60. The van der Waals surface area contributed by atoms with Gasteiger partial charge in [0.05, 0.1) is 11.1 Å². The van der Waals surface area contributed by atoms with Crippen molar-refractivity contribution in [3.05, 3.63) is 42.1 Å². The standard InChI is InChI=1S/C13H15NO/c1-13(2,15)8-6-10-4-3-5-11-7-9-14-12(10)11/h3-9,14-15H,1-2H3/b8-6-. The van der Waals surface area contributed by atoms with E-state index in [4.69, 9.17) is 0 Å². The molecule has 0 atom stereocenters. The van der Waals surface area contributed by atoms with E-state index in [1.54, 1.807) is 19.9 Å². The molecule has 0 saturated carbocycles. The maximum atomic E-state index is 9.60. The number of H-pyrrole nitrogens is 1. The summed E-state index contributed by atoms with van der Waals surface area (Å²) in [6, 6.07) is 8.14. The molecule has 1 aromatic heterocycles. The van der Waals surface area contributed by atoms with E-state index in [0.717, 1.165) is 11.1 Å². The summed E-state index contributed by atoms with van der Waals surface area (Å²) in [6.45, 7) is 3.52. The lowest BCUT2D eigenvalue weighted by Crippen LogP contribution is -2.13. The second kappa shape index (κ2) is 3.55. The molecule has 0 aliphatic heterocycles. The van der Waals surface area contributed by atoms with Crippen molar-refractivity contribution in [2.75, 3.05) is 0 Å². The van der Waals surface area contributed by atoms with Crippen LogP contribution in [0, 0.1) is 0 Å². The third-order valence-corrected chi connectivity index (χ3v) is 2.29. The Balaban J connectivity index is 2.44. The Morgan fingerprint density at radius 1 is 1.27 bits per heavy atom. The first-order valence-corrected chi connectivity index (χ1v) is 5.04. The molecule has 0 spiro atoms. The van der Waals surface area contributed by atoms with Crippen LogP contribution < -0.4 is 0 Å². The topological polar surface area (TPSA) is 36.0 Å². The molecule has 0 unspecified atom stereocenters. The summed E-state index contributed by atoms with van der Waals surface area (Å²) in [4.78, 5) is 3.19. The zero-order valence-electron chi connectivity index (χ0n) is 8.99. The number of aliphatic hydroxyl groups is 1. The molecule has 78 valence electrons. The zero-order chi connectivity index (χ0) is 10.9. The van der Waals surface area contributed by atoms with Crippen molar-refractivity contribution in [1.82, 2.24) is 4.98 Å². The minimum absolute atomic E-state index is 0.769. The molecule has 2 N–H and O–H groups in total. The predicted octanol–water partition coefficient (Wildman–Crippen LogP) is 2.95. The van der Waals surface area contributed by atoms with Crippen LogP contribution in [0.25, 0.3) is 17.0 Å². The van der Waals surface area contributed by atoms with Gasteiger partial charge in [0.2, 0.25) is 0 Å². The van der Waals surface area contributed by atoms with Crippen LogP contribution in [0.1, 0.15) is 19.4 Å². The Bertz CT molecular complexity index is 488. The maximum Gasteiger partial charge on any atom is 0.0774 e. The smallest absolute Gasteiger partial charge is 0.0774 e. The van der Waals surface area contributed by atoms with E-state index in [-0.39, 0.29) is 0 Å². The van der Waals surface area contributed by atoms with Crippen LogP contribution in [0.3, 0.4) is 0 Å². The van der Waals surface area contributed by atoms with Crippen LogP contribution in [-0.4, -0.2) is 15.7 Å². The SMILES string of the molecule is CC(C)(O)/C=C\c1cccc2cc[nH]c12. The number of aromatic amines is 1. The largest absolute Gasteiger partial charge is 0.386 e. The van der Waals surface area contributed by atoms with E-state index in [9.17, 15) is 5.11 Å². The van der Waals surface area contributed by atoms with Crippen molar-refractivity contribution in [3.63, 3.8) is 0 Å². The van der Waals surface area contributed by atoms with Gasteiger partial charge >= 0.3 is 0 Å². The third-order valence-electron chi connectivity index (χ3n) is 2.29. The molecule has 0 aliphatic rings. The average molecular weight is 201 g/mol. The monoisotopic (exact) mass is 201 g/mol. The Kier molecular flexibility index (Phi) is 2.37. The molecule has 0 radical (unpaired) electrons. The molecule has 0 aliphatic carbocycles. The molecule has 0 saturated heterocycles. The number of rotatable bonds is 2. The first-order valence-electron chi connectivity index (χ1n) is 5.04. The number of benzene rings is 1. The van der Waals surface area contributed by atoms with Gasteiger partial charge in [-0.1, -0.05) is 30.4 Å². The van der Waals surface area contributed by atoms with E-state index in [1.807, 2.05) is 30.5 Å². The van der Waals surface area contributed by atoms with E-state index >= 15 is 0 Å². The van der Waals surface area contributed by atoms with E-state index in [1.165, 1.54) is 5.39 Å². The highest BCUT2D eigenvalue weighted by molar-refractivity contribution is 5.87. The fraction of sp³-hybridized carbons (Fsp3) is 0.231. The number of hydrogen-bond acceptors (Lipinski definition) is 1. The first kappa shape index (κ1) is 9.99. The molecule has 2 heteroatoms. The minimum Gasteiger partial charge on any atom is -0.386 e. The number of nitrogens with one attached hydrogen (secondary N) is 1. The van der Waals surface area contributed by atoms with Gasteiger partial charge in [-0.05, 0) is 30.9 Å². The highest BCUT2D eigenvalue weighted by atomic mass is 16.3. The summed E-state index contributed by atoms with van der Waals surface area (Å²) >= 11 is 0. The summed E-state index contributed by atoms with van der Waals surface area (Å²) < 4.78 is 0. The second-order valence-electron chi connectivity index (χ2n) is 4.28. The van der Waals surface area contributed by atoms with Crippen molar-refractivity contribution >= 4 is 17.0 Å². The molecular weight excluding hydrogens is 186 g/mol. The van der Waals surface area contributed by atoms with E-state index in [0.29, 0.717) is 0 Å². The van der Waals surface area contributed by atoms with Crippen LogP contribution in [0.15, 0.2) is 36.5 Å². The quantitative estimate of drug-likeness (QED) is 0.770. The fourth-order valence-corrected chi connectivity index (χ4v) is 1.54. The number of aromatic nitrogens is 1. The molecule has 2 aromatic rings. The summed E-state index contributed by atoms with van der Waals surface area (Å²) in [7, 11) is 0. The normalized spacial score (nSPS) is 12.7. The molecule has 2 rings (SSSR count). The van der Waals surface area contributed by atoms with Crippen LogP contribution in [-0.2, 0) is 0 Å². The lowest BCUT2D eigenvalue weighted by molar-refractivity contribution is 0.134. The summed E-state index contributed by atoms with van der Waals surface area (Å²) in [5.41, 5.74) is 1.44. The van der Waals surface area contributed by atoms with Crippen molar-refractivity contribution in [3.8, 4) is 0 Å². The van der Waals surface area contributed by atoms with Gasteiger partial charge in [-0.2, -0.15) is 0 Å². The third kappa shape index (κ3) is 2.28. The van der Waals surface area contributed by atoms with Gasteiger partial charge in [-0.25, -0.2) is 0 Å². The zero-order valence-corrected chi connectivity index (χ0v) is 8.99. The second-order valence-corrected chi connectivity index (χ2v) is 4.28. The Labute approximate surface area is 89.3 Å². The van der Waals surface area contributed by atoms with Crippen LogP contribution in [0.5, 0.6) is 0 Å². The molecule has 0 fully saturated rings. The fourth-order valence-electron chi connectivity index (χ4n) is 1.54. The molecule has 15 heavy (non-hydrogen) atoms. The summed E-state index contributed by atoms with van der Waals surface area (Å²) in [5, 5.41) is 10.8. The first-order chi connectivity index (χ1) is 7.06. The molecule has 0 amide bonds. The van der Waals surface area contributed by atoms with Crippen LogP contribution >= 0.6 is 0 Å². The van der Waals surface area contributed by atoms with Crippen molar-refractivity contribution in [2.45, 2.75) is 19.4 Å². The van der Waals surface area contributed by atoms with Gasteiger partial charge in [0, 0.05) is 6.20 Å². The van der Waals surface area contributed by atoms with Crippen LogP contribution in [0.2, 0.25) is 0 Å². The molecule has 1 aromatic carbocycles. The highest BCUT2D eigenvalue weighted by Crippen LogP contribution is 2.19. The highest BCUT2D eigenvalue weighted by Gasteiger charge is 2.06. The molecular formula is C13H15NO. The lowest BCUT2D eigenvalue weighted by atomic mass is 10.1. The van der Waals surface area contributed by atoms with Crippen molar-refractivity contribution in [1.29, 1.82) is 0 Å². The van der Waals surface area contributed by atoms with Crippen molar-refractivity contribution in [2.24, 2.45) is 0 Å². The van der Waals surface area contributed by atoms with Gasteiger partial charge in [0.25, 0.3) is 0 Å². The number of fused-ring (bicyclic) bond motifs is 1. The van der Waals surface area contributed by atoms with E-state index < -0.39 is 5.60 Å². The Morgan fingerprint density at radius 3 is 2.80 bits per heavy atom. The predicted molar refractivity (Wildman–Crippen MR) is 63.6 cm³/mol. The summed E-state index contributed by atoms with van der Waals surface area (Å²) in [5.74, 6) is 0. The van der Waals surface area contributed by atoms with Gasteiger partial charge in [-0.3, -0.25) is 0 Å². The van der Waals surface area contributed by atoms with Crippen LogP contribution in [0.4, 0.5) is 0 Å². The molecule has 2 nitrogen and oxygen atoms in total. The van der Waals surface area contributed by atoms with E-state index in [2.05, 4.69) is 11.1 Å². The minimum atomic E-state index is -0.769. The lowest BCUT2D eigenvalue weighted by Gasteiger charge is -2.10. The average Bonchev–Trinajstić information content (AvgIpc) is 2.61. The van der Waals surface area contributed by atoms with Gasteiger partial charge in [0.15, 0.2) is 0 Å². The van der Waals surface area contributed by atoms with Gasteiger partial charge in [-0.15, -0.1) is 0 Å². The summed E-state index contributed by atoms with van der Waals surface area (Å²) in [6.07, 6.45) is 5.66. The Hall–Kier alpha value is -1.54. The van der Waals surface area contributed by atoms with Gasteiger partial charge in [0.1, 0.15) is 0 Å². The number of para-hydroxylation sites is 1.